The quantitative estimate of drug-likeness (QED) is 0.197. The van der Waals surface area contributed by atoms with E-state index < -0.39 is 232 Å². The second-order valence-electron chi connectivity index (χ2n) is 9.01. The molecule has 190 valence electrons. The first-order chi connectivity index (χ1) is 30.3. The van der Waals surface area contributed by atoms with Crippen LogP contribution in [0, 0.1) is 0 Å². The van der Waals surface area contributed by atoms with Gasteiger partial charge in [0, 0.05) is 10.8 Å². The molecule has 0 N–H and O–H groups in total. The summed E-state index contributed by atoms with van der Waals surface area (Å²) < 4.78 is 220. The summed E-state index contributed by atoms with van der Waals surface area (Å²) in [5, 5.41) is -5.54. The fourth-order valence-corrected chi connectivity index (χ4v) is 5.02. The summed E-state index contributed by atoms with van der Waals surface area (Å²) in [7, 11) is 0. The molecular weight excluding hydrogens is 496 g/mol. The maximum absolute atomic E-state index is 9.74. The zero-order valence-electron chi connectivity index (χ0n) is 44.4. The third kappa shape index (κ3) is 3.36. The highest BCUT2D eigenvalue weighted by Gasteiger charge is 2.18. The van der Waals surface area contributed by atoms with Gasteiger partial charge < -0.3 is 4.42 Å². The van der Waals surface area contributed by atoms with E-state index in [4.69, 9.17) is 23.6 Å². The third-order valence-corrected chi connectivity index (χ3v) is 6.76. The Kier molecular flexibility index (Phi) is 1.94. The molecule has 0 aliphatic heterocycles. The summed E-state index contributed by atoms with van der Waals surface area (Å²) >= 11 is 0. The first-order valence-corrected chi connectivity index (χ1v) is 12.2. The Labute approximate surface area is 270 Å². The zero-order valence-corrected chi connectivity index (χ0v) is 20.4. The molecule has 0 atom stereocenters. The molecule has 0 amide bonds. The average Bonchev–Trinajstić information content (AvgIpc) is 3.69. The standard InChI is InChI=1S/C40H24O/c1-2-10-26-21-29(18-17-25(26)9-1)39-31-13-5-7-15-33(31)40(34-16-8-6-14-32(34)39)30-19-20-37-35(23-30)36-22-27-11-3-4-12-28(27)24-38(36)41-37/h1-24H/i1D,2D,3D,4D,5D,6D,7D,8D,9D,10D,11D,12D,13D,14D,15D,16D,17D,18D,19D,20D,21D,22D,23D,24D. The van der Waals surface area contributed by atoms with Gasteiger partial charge in [-0.3, -0.25) is 0 Å². The average molecular weight is 545 g/mol. The van der Waals surface area contributed by atoms with Crippen LogP contribution in [0.5, 0.6) is 0 Å². The van der Waals surface area contributed by atoms with Crippen molar-refractivity contribution in [1.82, 2.24) is 0 Å². The maximum Gasteiger partial charge on any atom is 0.136 e. The van der Waals surface area contributed by atoms with Crippen molar-refractivity contribution in [1.29, 1.82) is 0 Å². The van der Waals surface area contributed by atoms with Gasteiger partial charge in [0.05, 0.1) is 32.9 Å². The lowest BCUT2D eigenvalue weighted by Crippen LogP contribution is -1.91. The number of rotatable bonds is 2. The first-order valence-electron chi connectivity index (χ1n) is 24.2. The van der Waals surface area contributed by atoms with Gasteiger partial charge in [-0.1, -0.05) is 115 Å². The highest BCUT2D eigenvalue weighted by Crippen LogP contribution is 2.45. The molecule has 0 saturated carbocycles. The topological polar surface area (TPSA) is 13.1 Å². The van der Waals surface area contributed by atoms with Crippen molar-refractivity contribution in [2.45, 2.75) is 0 Å². The molecule has 0 saturated heterocycles. The minimum atomic E-state index is -0.937. The molecule has 41 heavy (non-hydrogen) atoms. The lowest BCUT2D eigenvalue weighted by Gasteiger charge is -2.18. The summed E-state index contributed by atoms with van der Waals surface area (Å²) in [6.07, 6.45) is 0. The van der Waals surface area contributed by atoms with E-state index in [0.29, 0.717) is 0 Å². The molecule has 0 radical (unpaired) electrons. The van der Waals surface area contributed by atoms with Crippen LogP contribution in [0.3, 0.4) is 0 Å². The fourth-order valence-electron chi connectivity index (χ4n) is 5.02. The van der Waals surface area contributed by atoms with Gasteiger partial charge >= 0.3 is 0 Å². The Morgan fingerprint density at radius 1 is 0.341 bits per heavy atom. The second-order valence-corrected chi connectivity index (χ2v) is 9.01. The second kappa shape index (κ2) is 8.55. The summed E-state index contributed by atoms with van der Waals surface area (Å²) in [4.78, 5) is 0. The minimum Gasteiger partial charge on any atom is -0.456 e. The summed E-state index contributed by atoms with van der Waals surface area (Å²) in [6.45, 7) is 0. The van der Waals surface area contributed by atoms with Crippen molar-refractivity contribution in [2.75, 3.05) is 0 Å². The van der Waals surface area contributed by atoms with Crippen LogP contribution in [-0.4, -0.2) is 0 Å². The summed E-state index contributed by atoms with van der Waals surface area (Å²) in [5.74, 6) is 0. The van der Waals surface area contributed by atoms with Crippen LogP contribution >= 0.6 is 0 Å². The molecule has 0 fully saturated rings. The number of furan rings is 1. The van der Waals surface area contributed by atoms with Crippen LogP contribution in [-0.2, 0) is 0 Å². The van der Waals surface area contributed by atoms with E-state index in [0.717, 1.165) is 0 Å². The smallest absolute Gasteiger partial charge is 0.136 e. The summed E-state index contributed by atoms with van der Waals surface area (Å²) in [6, 6.07) is -20.1. The van der Waals surface area contributed by atoms with Gasteiger partial charge in [-0.2, -0.15) is 0 Å². The van der Waals surface area contributed by atoms with E-state index in [2.05, 4.69) is 0 Å². The number of hydrogen-bond acceptors (Lipinski definition) is 1. The zero-order chi connectivity index (χ0) is 47.8. The Balaban J connectivity index is 1.62. The van der Waals surface area contributed by atoms with Crippen molar-refractivity contribution in [3.63, 3.8) is 0 Å². The van der Waals surface area contributed by atoms with E-state index in [1.807, 2.05) is 0 Å². The van der Waals surface area contributed by atoms with Crippen LogP contribution in [0.15, 0.2) is 149 Å². The number of fused-ring (bicyclic) bond motifs is 7. The van der Waals surface area contributed by atoms with Crippen LogP contribution in [0.4, 0.5) is 0 Å². The normalized spacial score (nSPS) is 20.1. The Morgan fingerprint density at radius 3 is 1.44 bits per heavy atom. The van der Waals surface area contributed by atoms with Gasteiger partial charge in [-0.25, -0.2) is 0 Å². The Bertz CT molecular complexity index is 3740. The Hall–Kier alpha value is -5.40. The van der Waals surface area contributed by atoms with Gasteiger partial charge in [0.2, 0.25) is 0 Å². The SMILES string of the molecule is [2H]c1c(-c2c3c([2H])c([2H])c([2H])c([2H])c3c(-c3c([2H])c([2H])c4c([2H])c([2H])c([2H])c([2H])c4c3[2H])c3c([2H])c([2H])c([2H])c([2H])c23)c([2H])c2c(oc3c([2H])c4c([2H])c([2H])c([2H])c([2H])c4c([2H])c32)c1[2H]. The predicted molar refractivity (Wildman–Crippen MR) is 175 cm³/mol. The van der Waals surface area contributed by atoms with Gasteiger partial charge in [0.1, 0.15) is 11.2 Å². The molecule has 0 aliphatic carbocycles. The lowest BCUT2D eigenvalue weighted by molar-refractivity contribution is 0.669. The van der Waals surface area contributed by atoms with Crippen LogP contribution in [0.25, 0.3) is 87.3 Å². The maximum atomic E-state index is 9.74. The molecule has 1 heteroatoms. The highest BCUT2D eigenvalue weighted by atomic mass is 16.3. The van der Waals surface area contributed by atoms with Gasteiger partial charge in [0.15, 0.2) is 0 Å². The van der Waals surface area contributed by atoms with Crippen molar-refractivity contribution in [2.24, 2.45) is 0 Å². The molecule has 0 aliphatic rings. The Morgan fingerprint density at radius 2 is 0.805 bits per heavy atom. The lowest BCUT2D eigenvalue weighted by atomic mass is 9.85. The van der Waals surface area contributed by atoms with E-state index in [1.54, 1.807) is 0 Å². The van der Waals surface area contributed by atoms with E-state index in [-0.39, 0.29) is 0 Å². The molecule has 8 aromatic carbocycles. The van der Waals surface area contributed by atoms with Crippen molar-refractivity contribution in [3.05, 3.63) is 145 Å². The van der Waals surface area contributed by atoms with Crippen LogP contribution in [0.1, 0.15) is 32.9 Å². The molecule has 1 nitrogen and oxygen atoms in total. The predicted octanol–water partition coefficient (Wildman–Crippen LogP) is 11.5. The molecule has 9 aromatic rings. The van der Waals surface area contributed by atoms with Crippen LogP contribution in [0.2, 0.25) is 0 Å². The first kappa shape index (κ1) is 9.33. The largest absolute Gasteiger partial charge is 0.456 e. The van der Waals surface area contributed by atoms with Crippen LogP contribution < -0.4 is 0 Å². The molecular formula is C40H24O. The van der Waals surface area contributed by atoms with Crippen molar-refractivity contribution < 1.29 is 37.3 Å². The van der Waals surface area contributed by atoms with E-state index in [9.17, 15) is 13.7 Å². The number of hydrogen-bond donors (Lipinski definition) is 0. The molecule has 0 unspecified atom stereocenters. The number of benzene rings is 8. The molecule has 1 aromatic heterocycles. The highest BCUT2D eigenvalue weighted by molar-refractivity contribution is 6.22. The van der Waals surface area contributed by atoms with Crippen molar-refractivity contribution in [3.8, 4) is 22.3 Å². The molecule has 9 rings (SSSR count). The molecule has 0 spiro atoms. The minimum absolute atomic E-state index is 0.417. The van der Waals surface area contributed by atoms with Gasteiger partial charge in [-0.05, 0) is 95.6 Å². The monoisotopic (exact) mass is 544 g/mol. The summed E-state index contributed by atoms with van der Waals surface area (Å²) in [5.41, 5.74) is -3.82. The van der Waals surface area contributed by atoms with Gasteiger partial charge in [-0.15, -0.1) is 0 Å². The fraction of sp³-hybridized carbons (Fsp3) is 0. The molecule has 0 bridgehead atoms. The van der Waals surface area contributed by atoms with Crippen molar-refractivity contribution >= 4 is 65.0 Å². The van der Waals surface area contributed by atoms with Gasteiger partial charge in [0.25, 0.3) is 0 Å². The van der Waals surface area contributed by atoms with E-state index in [1.165, 1.54) is 0 Å². The van der Waals surface area contributed by atoms with E-state index >= 15 is 0 Å². The molecule has 1 heterocycles. The third-order valence-electron chi connectivity index (χ3n) is 6.76.